The zero-order chi connectivity index (χ0) is 13.0. The van der Waals surface area contributed by atoms with Gasteiger partial charge < -0.3 is 5.32 Å². The zero-order valence-corrected chi connectivity index (χ0v) is 12.0. The maximum atomic E-state index is 4.72. The van der Waals surface area contributed by atoms with E-state index in [4.69, 9.17) is 5.10 Å². The normalized spacial score (nSPS) is 18.8. The van der Waals surface area contributed by atoms with Gasteiger partial charge in [0.2, 0.25) is 0 Å². The van der Waals surface area contributed by atoms with Crippen LogP contribution in [0.1, 0.15) is 58.2 Å². The maximum absolute atomic E-state index is 4.72. The smallest absolute Gasteiger partial charge is 0.0640 e. The largest absolute Gasteiger partial charge is 0.313 e. The summed E-state index contributed by atoms with van der Waals surface area (Å²) < 4.78 is 2.11. The van der Waals surface area contributed by atoms with Crippen LogP contribution in [0.4, 0.5) is 0 Å². The quantitative estimate of drug-likeness (QED) is 0.767. The predicted octanol–water partition coefficient (Wildman–Crippen LogP) is 3.17. The Balaban J connectivity index is 1.91. The first kappa shape index (κ1) is 13.6. The third-order valence-electron chi connectivity index (χ3n) is 3.98. The van der Waals surface area contributed by atoms with Crippen molar-refractivity contribution in [1.29, 1.82) is 0 Å². The lowest BCUT2D eigenvalue weighted by molar-refractivity contribution is 0.441. The first-order valence-corrected chi connectivity index (χ1v) is 7.52. The summed E-state index contributed by atoms with van der Waals surface area (Å²) in [7, 11) is 0. The number of nitrogens with one attached hydrogen (secondary N) is 1. The van der Waals surface area contributed by atoms with Gasteiger partial charge in [0.25, 0.3) is 0 Å². The summed E-state index contributed by atoms with van der Waals surface area (Å²) in [5, 5.41) is 8.40. The van der Waals surface area contributed by atoms with Crippen molar-refractivity contribution in [2.24, 2.45) is 5.92 Å². The lowest BCUT2D eigenvalue weighted by atomic mass is 10.1. The van der Waals surface area contributed by atoms with Gasteiger partial charge in [-0.25, -0.2) is 0 Å². The molecule has 0 radical (unpaired) electrons. The van der Waals surface area contributed by atoms with Gasteiger partial charge in [-0.2, -0.15) is 5.10 Å². The molecule has 1 aliphatic rings. The number of aromatic nitrogens is 2. The number of hydrogen-bond donors (Lipinski definition) is 1. The Morgan fingerprint density at radius 2 is 2.22 bits per heavy atom. The van der Waals surface area contributed by atoms with Crippen LogP contribution >= 0.6 is 0 Å². The maximum Gasteiger partial charge on any atom is 0.0640 e. The molecule has 1 fully saturated rings. The number of nitrogens with zero attached hydrogens (tertiary/aromatic N) is 2. The Kier molecular flexibility index (Phi) is 4.81. The summed E-state index contributed by atoms with van der Waals surface area (Å²) in [5.41, 5.74) is 1.25. The molecule has 1 aliphatic carbocycles. The molecule has 0 saturated heterocycles. The first-order valence-electron chi connectivity index (χ1n) is 7.52. The summed E-state index contributed by atoms with van der Waals surface area (Å²) in [4.78, 5) is 0. The van der Waals surface area contributed by atoms with Crippen LogP contribution in [0, 0.1) is 5.92 Å². The van der Waals surface area contributed by atoms with E-state index in [2.05, 4.69) is 43.0 Å². The van der Waals surface area contributed by atoms with Crippen molar-refractivity contribution in [2.75, 3.05) is 6.54 Å². The van der Waals surface area contributed by atoms with E-state index in [0.717, 1.165) is 25.3 Å². The van der Waals surface area contributed by atoms with Crippen molar-refractivity contribution in [1.82, 2.24) is 15.1 Å². The molecule has 2 unspecified atom stereocenters. The third-order valence-corrected chi connectivity index (χ3v) is 3.98. The van der Waals surface area contributed by atoms with Gasteiger partial charge in [0.15, 0.2) is 0 Å². The van der Waals surface area contributed by atoms with Gasteiger partial charge in [-0.1, -0.05) is 13.8 Å². The standard InChI is InChI=1S/C15H27N3/c1-4-9-16-15(13-6-7-13)11-14-8-10-18(17-14)12(3)5-2/h8,10,12-13,15-16H,4-7,9,11H2,1-3H3. The molecule has 0 spiro atoms. The highest BCUT2D eigenvalue weighted by molar-refractivity contribution is 5.04. The second-order valence-corrected chi connectivity index (χ2v) is 5.65. The second kappa shape index (κ2) is 6.37. The van der Waals surface area contributed by atoms with Crippen molar-refractivity contribution in [3.05, 3.63) is 18.0 Å². The molecule has 0 aliphatic heterocycles. The molecule has 2 atom stereocenters. The van der Waals surface area contributed by atoms with E-state index in [-0.39, 0.29) is 0 Å². The van der Waals surface area contributed by atoms with Gasteiger partial charge >= 0.3 is 0 Å². The molecule has 3 heteroatoms. The van der Waals surface area contributed by atoms with E-state index < -0.39 is 0 Å². The molecule has 18 heavy (non-hydrogen) atoms. The fourth-order valence-corrected chi connectivity index (χ4v) is 2.38. The number of rotatable bonds is 8. The average Bonchev–Trinajstić information content (AvgIpc) is 3.13. The Morgan fingerprint density at radius 1 is 1.44 bits per heavy atom. The van der Waals surface area contributed by atoms with Gasteiger partial charge in [-0.15, -0.1) is 0 Å². The van der Waals surface area contributed by atoms with Gasteiger partial charge in [0.05, 0.1) is 5.69 Å². The lowest BCUT2D eigenvalue weighted by Crippen LogP contribution is -2.33. The van der Waals surface area contributed by atoms with Crippen LogP contribution in [0.5, 0.6) is 0 Å². The zero-order valence-electron chi connectivity index (χ0n) is 12.0. The minimum atomic E-state index is 0.515. The van der Waals surface area contributed by atoms with Crippen LogP contribution < -0.4 is 5.32 Å². The third kappa shape index (κ3) is 3.58. The Morgan fingerprint density at radius 3 is 2.83 bits per heavy atom. The Bertz CT molecular complexity index is 354. The summed E-state index contributed by atoms with van der Waals surface area (Å²) in [6.07, 6.45) is 8.37. The van der Waals surface area contributed by atoms with Crippen LogP contribution in [0.15, 0.2) is 12.3 Å². The summed E-state index contributed by atoms with van der Waals surface area (Å²) in [6.45, 7) is 7.80. The molecule has 1 N–H and O–H groups in total. The summed E-state index contributed by atoms with van der Waals surface area (Å²) in [5.74, 6) is 0.894. The molecule has 3 nitrogen and oxygen atoms in total. The van der Waals surface area contributed by atoms with Gasteiger partial charge in [-0.3, -0.25) is 4.68 Å². The molecule has 0 bridgehead atoms. The average molecular weight is 249 g/mol. The molecule has 0 aromatic carbocycles. The van der Waals surface area contributed by atoms with Crippen molar-refractivity contribution in [3.8, 4) is 0 Å². The molecule has 2 rings (SSSR count). The molecular weight excluding hydrogens is 222 g/mol. The van der Waals surface area contributed by atoms with Gasteiger partial charge in [-0.05, 0) is 51.1 Å². The van der Waals surface area contributed by atoms with E-state index in [1.54, 1.807) is 0 Å². The van der Waals surface area contributed by atoms with Crippen molar-refractivity contribution in [2.45, 2.75) is 65.0 Å². The van der Waals surface area contributed by atoms with Crippen molar-refractivity contribution in [3.63, 3.8) is 0 Å². The summed E-state index contributed by atoms with van der Waals surface area (Å²) >= 11 is 0. The minimum absolute atomic E-state index is 0.515. The SMILES string of the molecule is CCCNC(Cc1ccn(C(C)CC)n1)C1CC1. The van der Waals surface area contributed by atoms with E-state index in [1.807, 2.05) is 0 Å². The second-order valence-electron chi connectivity index (χ2n) is 5.65. The summed E-state index contributed by atoms with van der Waals surface area (Å²) in [6, 6.07) is 3.35. The predicted molar refractivity (Wildman–Crippen MR) is 75.7 cm³/mol. The lowest BCUT2D eigenvalue weighted by Gasteiger charge is -2.16. The number of hydrogen-bond acceptors (Lipinski definition) is 2. The van der Waals surface area contributed by atoms with E-state index in [1.165, 1.54) is 25.0 Å². The highest BCUT2D eigenvalue weighted by atomic mass is 15.3. The van der Waals surface area contributed by atoms with Crippen LogP contribution in [0.2, 0.25) is 0 Å². The fraction of sp³-hybridized carbons (Fsp3) is 0.800. The minimum Gasteiger partial charge on any atom is -0.313 e. The molecule has 0 amide bonds. The molecule has 102 valence electrons. The van der Waals surface area contributed by atoms with Crippen LogP contribution in [0.25, 0.3) is 0 Å². The van der Waals surface area contributed by atoms with Crippen molar-refractivity contribution < 1.29 is 0 Å². The first-order chi connectivity index (χ1) is 8.74. The highest BCUT2D eigenvalue weighted by Crippen LogP contribution is 2.34. The van der Waals surface area contributed by atoms with Crippen molar-refractivity contribution >= 4 is 0 Å². The monoisotopic (exact) mass is 249 g/mol. The van der Waals surface area contributed by atoms with E-state index >= 15 is 0 Å². The van der Waals surface area contributed by atoms with Gasteiger partial charge in [0.1, 0.15) is 0 Å². The molecule has 1 heterocycles. The molecule has 1 aromatic rings. The van der Waals surface area contributed by atoms with Crippen LogP contribution in [-0.4, -0.2) is 22.4 Å². The van der Waals surface area contributed by atoms with Crippen LogP contribution in [0.3, 0.4) is 0 Å². The molecule has 1 saturated carbocycles. The van der Waals surface area contributed by atoms with E-state index in [9.17, 15) is 0 Å². The molecule has 1 aromatic heterocycles. The topological polar surface area (TPSA) is 29.9 Å². The van der Waals surface area contributed by atoms with E-state index in [0.29, 0.717) is 12.1 Å². The fourth-order valence-electron chi connectivity index (χ4n) is 2.38. The Hall–Kier alpha value is -0.830. The van der Waals surface area contributed by atoms with Crippen LogP contribution in [-0.2, 0) is 6.42 Å². The molecular formula is C15H27N3. The highest BCUT2D eigenvalue weighted by Gasteiger charge is 2.31. The Labute approximate surface area is 111 Å². The van der Waals surface area contributed by atoms with Gasteiger partial charge in [0, 0.05) is 24.7 Å².